The highest BCUT2D eigenvalue weighted by Crippen LogP contribution is 2.26. The Balaban J connectivity index is 1.39. The average Bonchev–Trinajstić information content (AvgIpc) is 3.33. The van der Waals surface area contributed by atoms with E-state index in [4.69, 9.17) is 0 Å². The molecule has 0 radical (unpaired) electrons. The third kappa shape index (κ3) is 3.94. The first-order valence-corrected chi connectivity index (χ1v) is 11.2. The van der Waals surface area contributed by atoms with Gasteiger partial charge in [-0.1, -0.05) is 30.3 Å². The van der Waals surface area contributed by atoms with Crippen LogP contribution >= 0.6 is 11.3 Å². The highest BCUT2D eigenvalue weighted by Gasteiger charge is 2.31. The van der Waals surface area contributed by atoms with E-state index in [1.807, 2.05) is 41.0 Å². The number of aryl methyl sites for hydroxylation is 2. The Bertz CT molecular complexity index is 1010. The third-order valence-corrected chi connectivity index (χ3v) is 6.69. The zero-order valence-corrected chi connectivity index (χ0v) is 17.8. The smallest absolute Gasteiger partial charge is 0.270 e. The highest BCUT2D eigenvalue weighted by atomic mass is 32.1. The summed E-state index contributed by atoms with van der Waals surface area (Å²) in [6, 6.07) is 14.2. The van der Waals surface area contributed by atoms with E-state index in [2.05, 4.69) is 35.1 Å². The molecule has 152 valence electrons. The van der Waals surface area contributed by atoms with Gasteiger partial charge >= 0.3 is 0 Å². The van der Waals surface area contributed by atoms with Gasteiger partial charge in [0.05, 0.1) is 0 Å². The largest absolute Gasteiger partial charge is 0.336 e. The quantitative estimate of drug-likeness (QED) is 0.639. The topological polar surface area (TPSA) is 45.6 Å². The summed E-state index contributed by atoms with van der Waals surface area (Å²) in [5.74, 6) is 0.240. The number of rotatable bonds is 5. The first-order chi connectivity index (χ1) is 14.1. The molecule has 3 aromatic rings. The fraction of sp³-hybridized carbons (Fsp3) is 0.391. The second-order valence-electron chi connectivity index (χ2n) is 7.63. The van der Waals surface area contributed by atoms with Gasteiger partial charge in [-0.15, -0.1) is 11.3 Å². The summed E-state index contributed by atoms with van der Waals surface area (Å²) in [6.07, 6.45) is 1.27. The molecule has 2 amide bonds. The van der Waals surface area contributed by atoms with Crippen molar-refractivity contribution in [3.63, 3.8) is 0 Å². The van der Waals surface area contributed by atoms with Crippen LogP contribution in [0.2, 0.25) is 0 Å². The molecule has 1 saturated heterocycles. The van der Waals surface area contributed by atoms with Gasteiger partial charge in [-0.2, -0.15) is 0 Å². The number of hydrogen-bond donors (Lipinski definition) is 0. The summed E-state index contributed by atoms with van der Waals surface area (Å²) in [4.78, 5) is 30.9. The number of amides is 2. The molecule has 1 fully saturated rings. The van der Waals surface area contributed by atoms with Crippen molar-refractivity contribution in [1.82, 2.24) is 14.4 Å². The Morgan fingerprint density at radius 3 is 2.66 bits per heavy atom. The van der Waals surface area contributed by atoms with Gasteiger partial charge in [0.25, 0.3) is 5.91 Å². The summed E-state index contributed by atoms with van der Waals surface area (Å²) in [5, 5.41) is 3.19. The molecule has 1 atom stereocenters. The maximum Gasteiger partial charge on any atom is 0.270 e. The molecule has 0 unspecified atom stereocenters. The van der Waals surface area contributed by atoms with E-state index in [1.165, 1.54) is 5.56 Å². The minimum absolute atomic E-state index is 0.0297. The minimum Gasteiger partial charge on any atom is -0.336 e. The summed E-state index contributed by atoms with van der Waals surface area (Å²) in [6.45, 7) is 6.65. The average molecular weight is 410 g/mol. The maximum atomic E-state index is 13.2. The van der Waals surface area contributed by atoms with Crippen LogP contribution in [0.1, 0.15) is 36.3 Å². The fourth-order valence-corrected chi connectivity index (χ4v) is 5.14. The lowest BCUT2D eigenvalue weighted by molar-refractivity contribution is -0.135. The molecule has 1 aliphatic rings. The van der Waals surface area contributed by atoms with E-state index >= 15 is 0 Å². The zero-order valence-electron chi connectivity index (χ0n) is 17.0. The summed E-state index contributed by atoms with van der Waals surface area (Å²) in [5.41, 5.74) is 1.94. The molecule has 2 aromatic heterocycles. The number of piperazine rings is 1. The molecule has 29 heavy (non-hydrogen) atoms. The molecule has 6 heteroatoms. The van der Waals surface area contributed by atoms with Crippen molar-refractivity contribution in [2.75, 3.05) is 19.6 Å². The summed E-state index contributed by atoms with van der Waals surface area (Å²) >= 11 is 1.67. The van der Waals surface area contributed by atoms with Crippen LogP contribution in [-0.4, -0.2) is 51.9 Å². The van der Waals surface area contributed by atoms with Crippen LogP contribution < -0.4 is 0 Å². The van der Waals surface area contributed by atoms with Crippen LogP contribution in [0.4, 0.5) is 0 Å². The SMILES string of the molecule is CCn1c(C(=O)N2CCN(C(=O)CCc3ccccc3)[C@@H](C)C2)cc2ccsc21. The molecule has 1 aromatic carbocycles. The lowest BCUT2D eigenvalue weighted by Crippen LogP contribution is -2.55. The van der Waals surface area contributed by atoms with E-state index in [0.29, 0.717) is 26.1 Å². The Morgan fingerprint density at radius 1 is 1.14 bits per heavy atom. The van der Waals surface area contributed by atoms with E-state index in [1.54, 1.807) is 11.3 Å². The lowest BCUT2D eigenvalue weighted by atomic mass is 10.1. The molecular weight excluding hydrogens is 382 g/mol. The Hall–Kier alpha value is -2.60. The van der Waals surface area contributed by atoms with Crippen LogP contribution in [-0.2, 0) is 17.8 Å². The van der Waals surface area contributed by atoms with Crippen molar-refractivity contribution in [1.29, 1.82) is 0 Å². The number of nitrogens with zero attached hydrogens (tertiary/aromatic N) is 3. The molecule has 5 nitrogen and oxygen atoms in total. The predicted octanol–water partition coefficient (Wildman–Crippen LogP) is 4.03. The van der Waals surface area contributed by atoms with Gasteiger partial charge in [-0.05, 0) is 43.3 Å². The fourth-order valence-electron chi connectivity index (χ4n) is 4.18. The molecule has 0 N–H and O–H groups in total. The Morgan fingerprint density at radius 2 is 1.93 bits per heavy atom. The van der Waals surface area contributed by atoms with Gasteiger partial charge in [0, 0.05) is 44.0 Å². The molecular formula is C23H27N3O2S. The van der Waals surface area contributed by atoms with Crippen molar-refractivity contribution in [3.8, 4) is 0 Å². The second-order valence-corrected chi connectivity index (χ2v) is 8.52. The molecule has 0 saturated carbocycles. The van der Waals surface area contributed by atoms with Gasteiger partial charge in [-0.25, -0.2) is 0 Å². The Kier molecular flexibility index (Phi) is 5.72. The van der Waals surface area contributed by atoms with Crippen molar-refractivity contribution in [2.45, 2.75) is 39.3 Å². The number of aromatic nitrogens is 1. The van der Waals surface area contributed by atoms with E-state index < -0.39 is 0 Å². The maximum absolute atomic E-state index is 13.2. The normalized spacial score (nSPS) is 17.1. The monoisotopic (exact) mass is 409 g/mol. The molecule has 1 aliphatic heterocycles. The lowest BCUT2D eigenvalue weighted by Gasteiger charge is -2.40. The van der Waals surface area contributed by atoms with Crippen molar-refractivity contribution >= 4 is 33.4 Å². The van der Waals surface area contributed by atoms with Gasteiger partial charge in [0.15, 0.2) is 0 Å². The van der Waals surface area contributed by atoms with E-state index in [-0.39, 0.29) is 17.9 Å². The van der Waals surface area contributed by atoms with Crippen molar-refractivity contribution in [2.24, 2.45) is 0 Å². The summed E-state index contributed by atoms with van der Waals surface area (Å²) in [7, 11) is 0. The first-order valence-electron chi connectivity index (χ1n) is 10.3. The van der Waals surface area contributed by atoms with Gasteiger partial charge < -0.3 is 14.4 Å². The second kappa shape index (κ2) is 8.41. The number of fused-ring (bicyclic) bond motifs is 1. The third-order valence-electron chi connectivity index (χ3n) is 5.74. The van der Waals surface area contributed by atoms with Crippen molar-refractivity contribution < 1.29 is 9.59 Å². The molecule has 4 rings (SSSR count). The van der Waals surface area contributed by atoms with Crippen LogP contribution in [0.25, 0.3) is 10.2 Å². The predicted molar refractivity (Wildman–Crippen MR) is 117 cm³/mol. The molecule has 0 bridgehead atoms. The summed E-state index contributed by atoms with van der Waals surface area (Å²) < 4.78 is 2.10. The Labute approximate surface area is 175 Å². The van der Waals surface area contributed by atoms with Gasteiger partial charge in [0.2, 0.25) is 5.91 Å². The van der Waals surface area contributed by atoms with E-state index in [0.717, 1.165) is 28.9 Å². The van der Waals surface area contributed by atoms with Crippen LogP contribution in [0.15, 0.2) is 47.8 Å². The molecule has 0 spiro atoms. The highest BCUT2D eigenvalue weighted by molar-refractivity contribution is 7.16. The standard InChI is InChI=1S/C23H27N3O2S/c1-3-25-20(15-19-11-14-29-23(19)25)22(28)24-12-13-26(17(2)16-24)21(27)10-9-18-7-5-4-6-8-18/h4-8,11,14-15,17H,3,9-10,12-13,16H2,1-2H3/t17-/m0/s1. The molecule has 0 aliphatic carbocycles. The number of thiophene rings is 1. The number of hydrogen-bond acceptors (Lipinski definition) is 3. The van der Waals surface area contributed by atoms with Crippen LogP contribution in [0, 0.1) is 0 Å². The number of carbonyl (C=O) groups excluding carboxylic acids is 2. The zero-order chi connectivity index (χ0) is 20.4. The minimum atomic E-state index is 0.0297. The van der Waals surface area contributed by atoms with Crippen LogP contribution in [0.3, 0.4) is 0 Å². The number of benzene rings is 1. The van der Waals surface area contributed by atoms with E-state index in [9.17, 15) is 9.59 Å². The van der Waals surface area contributed by atoms with Gasteiger partial charge in [0.1, 0.15) is 10.5 Å². The molecule has 3 heterocycles. The van der Waals surface area contributed by atoms with Crippen molar-refractivity contribution in [3.05, 3.63) is 59.1 Å². The van der Waals surface area contributed by atoms with Gasteiger partial charge in [-0.3, -0.25) is 9.59 Å². The van der Waals surface area contributed by atoms with Crippen LogP contribution in [0.5, 0.6) is 0 Å². The first kappa shape index (κ1) is 19.7. The number of carbonyl (C=O) groups is 2.